The van der Waals surface area contributed by atoms with Crippen LogP contribution in [0.2, 0.25) is 0 Å². The number of aliphatic hydroxyl groups excluding tert-OH is 3. The number of nitrogens with one attached hydrogen (secondary N) is 2. The number of phosphoric ester groups is 3. The topological polar surface area (TPSA) is 384 Å². The number of amides is 2. The molecule has 0 radical (unpaired) electrons. The lowest BCUT2D eigenvalue weighted by Crippen LogP contribution is -2.46. The van der Waals surface area contributed by atoms with Crippen LogP contribution in [0.3, 0.4) is 0 Å². The van der Waals surface area contributed by atoms with Gasteiger partial charge in [0.15, 0.2) is 22.8 Å². The number of nitrogen functional groups attached to an aromatic ring is 1. The number of thioether (sulfide) groups is 1. The predicted molar refractivity (Wildman–Crippen MR) is 294 cm³/mol. The van der Waals surface area contributed by atoms with Crippen molar-refractivity contribution in [3.05, 3.63) is 12.7 Å². The fourth-order valence-corrected chi connectivity index (χ4v) is 12.4. The molecular formula is C49H90N7O18P3S. The fourth-order valence-electron chi connectivity index (χ4n) is 8.81. The number of aromatic nitrogens is 4. The second-order valence-electron chi connectivity index (χ2n) is 20.7. The molecule has 0 aromatic carbocycles. The fraction of sp³-hybridized carbons (Fsp3) is 0.837. The van der Waals surface area contributed by atoms with Crippen molar-refractivity contribution < 1.29 is 85.6 Å². The quantitative estimate of drug-likeness (QED) is 0.0223. The average Bonchev–Trinajstić information content (AvgIpc) is 4.01. The van der Waals surface area contributed by atoms with Gasteiger partial charge in [0.2, 0.25) is 11.8 Å². The number of carbonyl (C=O) groups excluding carboxylic acids is 3. The number of ether oxygens (including phenoxy) is 1. The monoisotopic (exact) mass is 1190 g/mol. The van der Waals surface area contributed by atoms with Gasteiger partial charge in [0.05, 0.1) is 25.6 Å². The molecule has 0 saturated carbocycles. The Morgan fingerprint density at radius 1 is 0.769 bits per heavy atom. The molecule has 29 heteroatoms. The zero-order valence-corrected chi connectivity index (χ0v) is 49.3. The van der Waals surface area contributed by atoms with Gasteiger partial charge in [-0.3, -0.25) is 32.5 Å². The lowest BCUT2D eigenvalue weighted by atomic mass is 9.87. The Balaban J connectivity index is 1.20. The zero-order valence-electron chi connectivity index (χ0n) is 45.8. The Hall–Kier alpha value is -2.48. The van der Waals surface area contributed by atoms with E-state index in [4.69, 9.17) is 19.5 Å². The summed E-state index contributed by atoms with van der Waals surface area (Å²) in [6.45, 7) is 2.69. The maximum Gasteiger partial charge on any atom is 0.481 e. The second-order valence-corrected chi connectivity index (χ2v) is 26.1. The molecule has 3 rings (SSSR count). The van der Waals surface area contributed by atoms with Crippen LogP contribution >= 0.6 is 35.2 Å². The van der Waals surface area contributed by atoms with E-state index in [0.717, 1.165) is 48.2 Å². The van der Waals surface area contributed by atoms with Crippen molar-refractivity contribution in [3.8, 4) is 0 Å². The summed E-state index contributed by atoms with van der Waals surface area (Å²) in [4.78, 5) is 88.8. The molecule has 78 heavy (non-hydrogen) atoms. The van der Waals surface area contributed by atoms with Crippen LogP contribution in [0.5, 0.6) is 0 Å². The van der Waals surface area contributed by atoms with Crippen molar-refractivity contribution in [3.63, 3.8) is 0 Å². The first-order chi connectivity index (χ1) is 36.9. The van der Waals surface area contributed by atoms with Crippen LogP contribution < -0.4 is 16.4 Å². The first-order valence-electron chi connectivity index (χ1n) is 27.7. The largest absolute Gasteiger partial charge is 0.481 e. The smallest absolute Gasteiger partial charge is 0.393 e. The molecular weight excluding hydrogens is 1100 g/mol. The molecule has 1 saturated heterocycles. The van der Waals surface area contributed by atoms with Gasteiger partial charge in [-0.15, -0.1) is 0 Å². The Morgan fingerprint density at radius 3 is 1.83 bits per heavy atom. The Labute approximate surface area is 463 Å². The van der Waals surface area contributed by atoms with E-state index in [9.17, 15) is 63.0 Å². The highest BCUT2D eigenvalue weighted by Gasteiger charge is 2.50. The molecule has 2 amide bonds. The van der Waals surface area contributed by atoms with Crippen LogP contribution in [0, 0.1) is 5.41 Å². The number of anilines is 1. The standard InChI is InChI=1S/C49H90N7O18P3S/c1-4-5-6-7-8-9-10-11-12-13-14-15-16-17-18-19-20-21-22-23-24-25-26-27-37(57)32-40(59)78-31-30-51-39(58)28-29-52-47(62)44(61)49(2,3)34-71-77(68,69)74-76(66,67)70-33-38-43(73-75(63,64)65)42(60)48(72-38)56-36-55-41-45(50)53-35-54-46(41)56/h35-38,42-44,48,57,60-61H,4-34H2,1-3H3,(H,51,58)(H,52,62)(H,66,67)(H,68,69)(H2,50,53,54)(H2,63,64,65)/t37-,38+,42+,43+,44-,48+/m0/s1. The third-order valence-corrected chi connectivity index (χ3v) is 17.3. The number of rotatable bonds is 45. The molecule has 25 nitrogen and oxygen atoms in total. The number of nitrogens with zero attached hydrogens (tertiary/aromatic N) is 4. The second kappa shape index (κ2) is 36.9. The minimum atomic E-state index is -5.59. The highest BCUT2D eigenvalue weighted by Crippen LogP contribution is 2.61. The van der Waals surface area contributed by atoms with Crippen LogP contribution in [0.15, 0.2) is 12.7 Å². The van der Waals surface area contributed by atoms with Crippen molar-refractivity contribution in [1.29, 1.82) is 0 Å². The molecule has 1 fully saturated rings. The lowest BCUT2D eigenvalue weighted by molar-refractivity contribution is -0.137. The normalized spacial score (nSPS) is 19.4. The summed E-state index contributed by atoms with van der Waals surface area (Å²) >= 11 is 1.01. The number of aliphatic hydroxyl groups is 3. The highest BCUT2D eigenvalue weighted by atomic mass is 32.2. The molecule has 2 aromatic heterocycles. The molecule has 11 N–H and O–H groups in total. The number of imidazole rings is 1. The zero-order chi connectivity index (χ0) is 57.6. The molecule has 1 aliphatic heterocycles. The Morgan fingerprint density at radius 2 is 1.29 bits per heavy atom. The molecule has 2 unspecified atom stereocenters. The molecule has 0 aliphatic carbocycles. The van der Waals surface area contributed by atoms with Gasteiger partial charge in [0.25, 0.3) is 0 Å². The van der Waals surface area contributed by atoms with Crippen molar-refractivity contribution in [1.82, 2.24) is 30.2 Å². The van der Waals surface area contributed by atoms with Crippen LogP contribution in [-0.2, 0) is 50.7 Å². The molecule has 2 aromatic rings. The Bertz CT molecular complexity index is 2210. The summed E-state index contributed by atoms with van der Waals surface area (Å²) < 4.78 is 62.6. The van der Waals surface area contributed by atoms with Crippen LogP contribution in [0.25, 0.3) is 11.2 Å². The van der Waals surface area contributed by atoms with E-state index in [1.807, 2.05) is 0 Å². The first-order valence-corrected chi connectivity index (χ1v) is 33.2. The number of nitrogens with two attached hydrogens (primary N) is 1. The van der Waals surface area contributed by atoms with E-state index < -0.39 is 90.7 Å². The van der Waals surface area contributed by atoms with Gasteiger partial charge in [-0.25, -0.2) is 28.6 Å². The van der Waals surface area contributed by atoms with E-state index in [1.165, 1.54) is 142 Å². The molecule has 0 bridgehead atoms. The lowest BCUT2D eigenvalue weighted by Gasteiger charge is -2.30. The van der Waals surface area contributed by atoms with Crippen molar-refractivity contribution in [2.45, 2.75) is 224 Å². The van der Waals surface area contributed by atoms with Crippen molar-refractivity contribution in [2.75, 3.05) is 37.8 Å². The van der Waals surface area contributed by atoms with Gasteiger partial charge in [-0.2, -0.15) is 4.31 Å². The molecule has 3 heterocycles. The van der Waals surface area contributed by atoms with E-state index in [-0.39, 0.29) is 53.8 Å². The van der Waals surface area contributed by atoms with Gasteiger partial charge in [0.1, 0.15) is 36.3 Å². The van der Waals surface area contributed by atoms with Crippen molar-refractivity contribution >= 4 is 69.1 Å². The number of phosphoric acid groups is 3. The Kier molecular flexibility index (Phi) is 33.0. The summed E-state index contributed by atoms with van der Waals surface area (Å²) in [5.74, 6) is -1.21. The summed E-state index contributed by atoms with van der Waals surface area (Å²) in [5.41, 5.74) is 4.27. The van der Waals surface area contributed by atoms with Crippen LogP contribution in [-0.4, -0.2) is 134 Å². The third-order valence-electron chi connectivity index (χ3n) is 13.3. The van der Waals surface area contributed by atoms with E-state index >= 15 is 0 Å². The molecule has 1 aliphatic rings. The summed E-state index contributed by atoms with van der Waals surface area (Å²) in [7, 11) is -16.4. The number of hydrogen-bond donors (Lipinski definition) is 10. The molecule has 8 atom stereocenters. The maximum atomic E-state index is 12.8. The third kappa shape index (κ3) is 28.5. The van der Waals surface area contributed by atoms with Gasteiger partial charge < -0.3 is 56.0 Å². The minimum absolute atomic E-state index is 0.0276. The SMILES string of the molecule is CCCCCCCCCCCCCCCCCCCCCCCCC[C@H](O)CC(=O)SCCNC(=O)CCNC(=O)[C@H](O)C(C)(C)COP(=O)(O)OP(=O)(O)OC[C@H]1O[C@@H](n2cnc3c(N)ncnc32)[C@H](O)[C@@H]1OP(=O)(O)O. The van der Waals surface area contributed by atoms with Gasteiger partial charge in [-0.1, -0.05) is 180 Å². The highest BCUT2D eigenvalue weighted by molar-refractivity contribution is 8.13. The number of hydrogen-bond acceptors (Lipinski definition) is 19. The number of carbonyl (C=O) groups is 3. The van der Waals surface area contributed by atoms with Gasteiger partial charge >= 0.3 is 23.5 Å². The summed E-state index contributed by atoms with van der Waals surface area (Å²) in [5, 5.41) is 36.8. The average molecular weight is 1190 g/mol. The maximum absolute atomic E-state index is 12.8. The van der Waals surface area contributed by atoms with Gasteiger partial charge in [0, 0.05) is 37.1 Å². The van der Waals surface area contributed by atoms with Crippen LogP contribution in [0.4, 0.5) is 5.82 Å². The van der Waals surface area contributed by atoms with E-state index in [0.29, 0.717) is 6.42 Å². The van der Waals surface area contributed by atoms with E-state index in [1.54, 1.807) is 0 Å². The van der Waals surface area contributed by atoms with Crippen molar-refractivity contribution in [2.24, 2.45) is 5.41 Å². The molecule has 450 valence electrons. The number of unbranched alkanes of at least 4 members (excludes halogenated alkanes) is 22. The number of fused-ring (bicyclic) bond motifs is 1. The predicted octanol–water partition coefficient (Wildman–Crippen LogP) is 7.80. The summed E-state index contributed by atoms with van der Waals surface area (Å²) in [6, 6.07) is 0. The van der Waals surface area contributed by atoms with E-state index in [2.05, 4.69) is 41.3 Å². The van der Waals surface area contributed by atoms with Crippen LogP contribution in [0.1, 0.15) is 194 Å². The first kappa shape index (κ1) is 69.8. The van der Waals surface area contributed by atoms with Gasteiger partial charge in [-0.05, 0) is 6.42 Å². The molecule has 0 spiro atoms. The minimum Gasteiger partial charge on any atom is -0.393 e. The summed E-state index contributed by atoms with van der Waals surface area (Å²) in [6.07, 6.45) is 23.1.